The Morgan fingerprint density at radius 2 is 1.81 bits per heavy atom. The molecule has 1 heterocycles. The molecule has 6 nitrogen and oxygen atoms in total. The van der Waals surface area contributed by atoms with Crippen LogP contribution in [-0.4, -0.2) is 44.9 Å². The number of carbonyl (C=O) groups excluding carboxylic acids is 1. The van der Waals surface area contributed by atoms with Gasteiger partial charge in [0.05, 0.1) is 11.0 Å². The van der Waals surface area contributed by atoms with E-state index in [0.29, 0.717) is 38.5 Å². The second-order valence-corrected chi connectivity index (χ2v) is 9.76. The third kappa shape index (κ3) is 6.11. The molecule has 0 saturated carbocycles. The van der Waals surface area contributed by atoms with Crippen LogP contribution < -0.4 is 5.32 Å². The number of benzene rings is 2. The van der Waals surface area contributed by atoms with Crippen molar-refractivity contribution in [3.63, 3.8) is 0 Å². The predicted molar refractivity (Wildman–Crippen MR) is 116 cm³/mol. The molecule has 32 heavy (non-hydrogen) atoms. The average molecular weight is 467 g/mol. The summed E-state index contributed by atoms with van der Waals surface area (Å²) in [4.78, 5) is 12.1. The van der Waals surface area contributed by atoms with Crippen LogP contribution in [0.5, 0.6) is 0 Å². The third-order valence-corrected chi connectivity index (χ3v) is 7.51. The molecule has 1 aliphatic rings. The van der Waals surface area contributed by atoms with Crippen molar-refractivity contribution in [2.24, 2.45) is 5.92 Å². The molecule has 0 bridgehead atoms. The summed E-state index contributed by atoms with van der Waals surface area (Å²) in [6.07, 6.45) is 1.39. The summed E-state index contributed by atoms with van der Waals surface area (Å²) in [7, 11) is -3.93. The maximum absolute atomic E-state index is 13.4. The first kappa shape index (κ1) is 24.3. The summed E-state index contributed by atoms with van der Waals surface area (Å²) in [6.45, 7) is 3.28. The first-order valence-corrected chi connectivity index (χ1v) is 12.1. The lowest BCUT2D eigenvalue weighted by Crippen LogP contribution is -2.43. The molecule has 0 radical (unpaired) electrons. The van der Waals surface area contributed by atoms with Gasteiger partial charge in [-0.15, -0.1) is 0 Å². The van der Waals surface area contributed by atoms with Crippen LogP contribution in [0.2, 0.25) is 0 Å². The van der Waals surface area contributed by atoms with Gasteiger partial charge in [-0.1, -0.05) is 30.3 Å². The van der Waals surface area contributed by atoms with Crippen LogP contribution in [0.15, 0.2) is 53.4 Å². The summed E-state index contributed by atoms with van der Waals surface area (Å²) in [6, 6.07) is 12.4. The Hall–Kier alpha value is -2.36. The Labute approximate surface area is 187 Å². The van der Waals surface area contributed by atoms with Crippen molar-refractivity contribution < 1.29 is 26.7 Å². The largest absolute Gasteiger partial charge is 0.374 e. The minimum absolute atomic E-state index is 0.0206. The van der Waals surface area contributed by atoms with Gasteiger partial charge in [0.2, 0.25) is 15.9 Å². The normalized spacial score (nSPS) is 16.6. The van der Waals surface area contributed by atoms with Gasteiger partial charge in [-0.05, 0) is 49.9 Å². The van der Waals surface area contributed by atoms with Crippen molar-refractivity contribution in [2.45, 2.75) is 37.2 Å². The molecular formula is C23H28F2N2O4S. The maximum Gasteiger partial charge on any atom is 0.243 e. The lowest BCUT2D eigenvalue weighted by atomic mass is 9.97. The zero-order valence-electron chi connectivity index (χ0n) is 18.0. The number of sulfonamides is 1. The minimum atomic E-state index is -3.93. The number of nitrogens with one attached hydrogen (secondary N) is 1. The van der Waals surface area contributed by atoms with Gasteiger partial charge in [-0.25, -0.2) is 17.2 Å². The number of piperidine rings is 1. The molecule has 0 aromatic heterocycles. The van der Waals surface area contributed by atoms with Crippen LogP contribution in [0.25, 0.3) is 0 Å². The van der Waals surface area contributed by atoms with Gasteiger partial charge in [0, 0.05) is 32.2 Å². The van der Waals surface area contributed by atoms with Crippen molar-refractivity contribution in [3.05, 3.63) is 65.7 Å². The van der Waals surface area contributed by atoms with Gasteiger partial charge in [0.1, 0.15) is 0 Å². The number of rotatable bonds is 9. The fourth-order valence-electron chi connectivity index (χ4n) is 3.65. The molecule has 1 fully saturated rings. The summed E-state index contributed by atoms with van der Waals surface area (Å²) in [5, 5.41) is 2.89. The molecule has 0 aliphatic carbocycles. The molecule has 1 amide bonds. The van der Waals surface area contributed by atoms with E-state index < -0.39 is 21.7 Å². The van der Waals surface area contributed by atoms with Crippen molar-refractivity contribution in [1.29, 1.82) is 0 Å². The SMILES string of the molecule is CC(OCCCNC(=O)C1CCN(S(=O)(=O)c2ccc(F)c(F)c2)CC1)c1ccccc1. The predicted octanol–water partition coefficient (Wildman–Crippen LogP) is 3.65. The van der Waals surface area contributed by atoms with Crippen molar-refractivity contribution >= 4 is 15.9 Å². The molecule has 1 unspecified atom stereocenters. The van der Waals surface area contributed by atoms with Crippen molar-refractivity contribution in [2.75, 3.05) is 26.2 Å². The van der Waals surface area contributed by atoms with Crippen LogP contribution in [0.4, 0.5) is 8.78 Å². The molecule has 1 aliphatic heterocycles. The standard InChI is InChI=1S/C23H28F2N2O4S/c1-17(18-6-3-2-4-7-18)31-15-5-12-26-23(28)19-10-13-27(14-11-19)32(29,30)20-8-9-21(24)22(25)16-20/h2-4,6-9,16-17,19H,5,10-15H2,1H3,(H,26,28). The van der Waals surface area contributed by atoms with Crippen molar-refractivity contribution in [3.8, 4) is 0 Å². The zero-order valence-corrected chi connectivity index (χ0v) is 18.8. The van der Waals surface area contributed by atoms with E-state index in [0.717, 1.165) is 17.7 Å². The van der Waals surface area contributed by atoms with E-state index in [9.17, 15) is 22.0 Å². The molecule has 174 valence electrons. The zero-order chi connectivity index (χ0) is 23.1. The molecule has 1 atom stereocenters. The highest BCUT2D eigenvalue weighted by molar-refractivity contribution is 7.89. The van der Waals surface area contributed by atoms with E-state index in [4.69, 9.17) is 4.74 Å². The minimum Gasteiger partial charge on any atom is -0.374 e. The van der Waals surface area contributed by atoms with Gasteiger partial charge in [-0.2, -0.15) is 4.31 Å². The van der Waals surface area contributed by atoms with E-state index in [-0.39, 0.29) is 35.9 Å². The fourth-order valence-corrected chi connectivity index (χ4v) is 5.14. The summed E-state index contributed by atoms with van der Waals surface area (Å²) >= 11 is 0. The van der Waals surface area contributed by atoms with Crippen LogP contribution in [0.3, 0.4) is 0 Å². The molecule has 0 spiro atoms. The number of halogens is 2. The number of hydrogen-bond donors (Lipinski definition) is 1. The number of amides is 1. The van der Waals surface area contributed by atoms with E-state index >= 15 is 0 Å². The Balaban J connectivity index is 1.39. The fraction of sp³-hybridized carbons (Fsp3) is 0.435. The number of nitrogens with zero attached hydrogens (tertiary/aromatic N) is 1. The van der Waals surface area contributed by atoms with Crippen LogP contribution in [0.1, 0.15) is 37.9 Å². The third-order valence-electron chi connectivity index (χ3n) is 5.61. The Kier molecular flexibility index (Phi) is 8.33. The highest BCUT2D eigenvalue weighted by Gasteiger charge is 2.32. The number of carbonyl (C=O) groups is 1. The topological polar surface area (TPSA) is 75.7 Å². The van der Waals surface area contributed by atoms with Gasteiger partial charge >= 0.3 is 0 Å². The number of hydrogen-bond acceptors (Lipinski definition) is 4. The molecule has 9 heteroatoms. The monoisotopic (exact) mass is 466 g/mol. The second kappa shape index (κ2) is 11.0. The average Bonchev–Trinajstić information content (AvgIpc) is 2.81. The quantitative estimate of drug-likeness (QED) is 0.573. The molecule has 2 aromatic carbocycles. The highest BCUT2D eigenvalue weighted by atomic mass is 32.2. The summed E-state index contributed by atoms with van der Waals surface area (Å²) in [5.41, 5.74) is 1.10. The van der Waals surface area contributed by atoms with Gasteiger partial charge in [0.15, 0.2) is 11.6 Å². The van der Waals surface area contributed by atoms with Crippen LogP contribution in [0, 0.1) is 17.6 Å². The molecule has 1 N–H and O–H groups in total. The second-order valence-electron chi connectivity index (χ2n) is 7.82. The Morgan fingerprint density at radius 1 is 1.12 bits per heavy atom. The molecule has 2 aromatic rings. The smallest absolute Gasteiger partial charge is 0.243 e. The van der Waals surface area contributed by atoms with E-state index in [1.807, 2.05) is 37.3 Å². The first-order valence-electron chi connectivity index (χ1n) is 10.7. The van der Waals surface area contributed by atoms with Gasteiger partial charge in [0.25, 0.3) is 0 Å². The molecule has 1 saturated heterocycles. The highest BCUT2D eigenvalue weighted by Crippen LogP contribution is 2.25. The maximum atomic E-state index is 13.4. The van der Waals surface area contributed by atoms with Gasteiger partial charge < -0.3 is 10.1 Å². The van der Waals surface area contributed by atoms with E-state index in [1.165, 1.54) is 4.31 Å². The number of ether oxygens (including phenoxy) is 1. The lowest BCUT2D eigenvalue weighted by Gasteiger charge is -2.30. The van der Waals surface area contributed by atoms with Crippen LogP contribution >= 0.6 is 0 Å². The van der Waals surface area contributed by atoms with E-state index in [1.54, 1.807) is 0 Å². The summed E-state index contributed by atoms with van der Waals surface area (Å²) in [5.74, 6) is -2.69. The molecule has 3 rings (SSSR count). The Bertz CT molecular complexity index is 1010. The first-order chi connectivity index (χ1) is 15.3. The lowest BCUT2D eigenvalue weighted by molar-refractivity contribution is -0.126. The van der Waals surface area contributed by atoms with Gasteiger partial charge in [-0.3, -0.25) is 4.79 Å². The van der Waals surface area contributed by atoms with Crippen molar-refractivity contribution in [1.82, 2.24) is 9.62 Å². The van der Waals surface area contributed by atoms with E-state index in [2.05, 4.69) is 5.32 Å². The summed E-state index contributed by atoms with van der Waals surface area (Å²) < 4.78 is 58.8. The molecular weight excluding hydrogens is 438 g/mol. The van der Waals surface area contributed by atoms with Crippen LogP contribution in [-0.2, 0) is 19.6 Å². The Morgan fingerprint density at radius 3 is 2.47 bits per heavy atom.